The van der Waals surface area contributed by atoms with Gasteiger partial charge in [-0.25, -0.2) is 0 Å². The number of hydrogen-bond donors (Lipinski definition) is 1. The molecule has 0 atom stereocenters. The van der Waals surface area contributed by atoms with Crippen molar-refractivity contribution in [3.05, 3.63) is 52.2 Å². The molecule has 0 spiro atoms. The van der Waals surface area contributed by atoms with Gasteiger partial charge in [-0.3, -0.25) is 0 Å². The lowest BCUT2D eigenvalue weighted by Gasteiger charge is -2.36. The van der Waals surface area contributed by atoms with Crippen LogP contribution in [0.2, 0.25) is 0 Å². The average molecular weight is 273 g/mol. The minimum atomic E-state index is 0.663. The van der Waals surface area contributed by atoms with Crippen LogP contribution in [-0.2, 0) is 6.54 Å². The molecule has 19 heavy (non-hydrogen) atoms. The summed E-state index contributed by atoms with van der Waals surface area (Å²) < 4.78 is 5.28. The van der Waals surface area contributed by atoms with Crippen LogP contribution in [0.4, 0.5) is 0 Å². The number of benzene rings is 1. The SMILES string of the molecule is COc1cccc(C2CC(NCc3ccsc3)C2)c1. The summed E-state index contributed by atoms with van der Waals surface area (Å²) in [6.45, 7) is 0.999. The second-order valence-electron chi connectivity index (χ2n) is 5.15. The minimum absolute atomic E-state index is 0.663. The number of thiophene rings is 1. The predicted octanol–water partition coefficient (Wildman–Crippen LogP) is 3.79. The highest BCUT2D eigenvalue weighted by Gasteiger charge is 2.29. The number of rotatable bonds is 5. The van der Waals surface area contributed by atoms with E-state index in [0.29, 0.717) is 12.0 Å². The molecule has 3 rings (SSSR count). The summed E-state index contributed by atoms with van der Waals surface area (Å²) in [6.07, 6.45) is 2.47. The van der Waals surface area contributed by atoms with E-state index in [1.54, 1.807) is 18.4 Å². The highest BCUT2D eigenvalue weighted by molar-refractivity contribution is 7.07. The first-order valence-electron chi connectivity index (χ1n) is 6.73. The normalized spacial score (nSPS) is 21.9. The zero-order valence-corrected chi connectivity index (χ0v) is 12.0. The summed E-state index contributed by atoms with van der Waals surface area (Å²) >= 11 is 1.76. The van der Waals surface area contributed by atoms with Gasteiger partial charge in [-0.1, -0.05) is 12.1 Å². The third kappa shape index (κ3) is 2.99. The molecule has 1 saturated carbocycles. The van der Waals surface area contributed by atoms with Crippen LogP contribution in [0, 0.1) is 0 Å². The van der Waals surface area contributed by atoms with Gasteiger partial charge in [0.1, 0.15) is 5.75 Å². The molecule has 1 aliphatic rings. The Morgan fingerprint density at radius 3 is 2.95 bits per heavy atom. The maximum atomic E-state index is 5.28. The van der Waals surface area contributed by atoms with Gasteiger partial charge in [-0.15, -0.1) is 0 Å². The second kappa shape index (κ2) is 5.76. The third-order valence-corrected chi connectivity index (χ3v) is 4.61. The van der Waals surface area contributed by atoms with Crippen molar-refractivity contribution in [2.75, 3.05) is 7.11 Å². The molecule has 0 unspecified atom stereocenters. The Morgan fingerprint density at radius 2 is 2.21 bits per heavy atom. The van der Waals surface area contributed by atoms with Gasteiger partial charge in [0.25, 0.3) is 0 Å². The first kappa shape index (κ1) is 12.7. The summed E-state index contributed by atoms with van der Waals surface area (Å²) in [5, 5.41) is 7.97. The van der Waals surface area contributed by atoms with E-state index >= 15 is 0 Å². The van der Waals surface area contributed by atoms with Gasteiger partial charge in [0, 0.05) is 12.6 Å². The molecule has 1 N–H and O–H groups in total. The Hall–Kier alpha value is -1.32. The van der Waals surface area contributed by atoms with Crippen molar-refractivity contribution in [3.8, 4) is 5.75 Å². The van der Waals surface area contributed by atoms with E-state index in [9.17, 15) is 0 Å². The summed E-state index contributed by atoms with van der Waals surface area (Å²) in [6, 6.07) is 11.3. The van der Waals surface area contributed by atoms with E-state index < -0.39 is 0 Å². The first-order chi connectivity index (χ1) is 9.35. The number of hydrogen-bond acceptors (Lipinski definition) is 3. The molecule has 0 saturated heterocycles. The number of ether oxygens (including phenoxy) is 1. The van der Waals surface area contributed by atoms with E-state index in [1.807, 2.05) is 6.07 Å². The fourth-order valence-corrected chi connectivity index (χ4v) is 3.28. The van der Waals surface area contributed by atoms with E-state index in [2.05, 4.69) is 40.3 Å². The van der Waals surface area contributed by atoms with Gasteiger partial charge < -0.3 is 10.1 Å². The molecule has 2 aromatic rings. The molecule has 1 aromatic heterocycles. The van der Waals surface area contributed by atoms with Crippen LogP contribution in [0.1, 0.15) is 29.9 Å². The van der Waals surface area contributed by atoms with Gasteiger partial charge in [0.05, 0.1) is 7.11 Å². The summed E-state index contributed by atoms with van der Waals surface area (Å²) in [7, 11) is 1.73. The van der Waals surface area contributed by atoms with Crippen molar-refractivity contribution < 1.29 is 4.74 Å². The number of nitrogens with one attached hydrogen (secondary N) is 1. The predicted molar refractivity (Wildman–Crippen MR) is 79.9 cm³/mol. The van der Waals surface area contributed by atoms with Crippen LogP contribution in [0.3, 0.4) is 0 Å². The van der Waals surface area contributed by atoms with Gasteiger partial charge in [-0.2, -0.15) is 11.3 Å². The largest absolute Gasteiger partial charge is 0.497 e. The Bertz CT molecular complexity index is 517. The Morgan fingerprint density at radius 1 is 1.32 bits per heavy atom. The molecule has 1 aliphatic carbocycles. The zero-order chi connectivity index (χ0) is 13.1. The van der Waals surface area contributed by atoms with Gasteiger partial charge >= 0.3 is 0 Å². The van der Waals surface area contributed by atoms with Gasteiger partial charge in [-0.05, 0) is 58.8 Å². The molecule has 0 radical (unpaired) electrons. The minimum Gasteiger partial charge on any atom is -0.497 e. The van der Waals surface area contributed by atoms with Crippen LogP contribution in [0.25, 0.3) is 0 Å². The van der Waals surface area contributed by atoms with Gasteiger partial charge in [0.15, 0.2) is 0 Å². The second-order valence-corrected chi connectivity index (χ2v) is 5.93. The summed E-state index contributed by atoms with van der Waals surface area (Å²) in [4.78, 5) is 0. The Balaban J connectivity index is 1.49. The number of methoxy groups -OCH3 is 1. The first-order valence-corrected chi connectivity index (χ1v) is 7.68. The highest BCUT2D eigenvalue weighted by Crippen LogP contribution is 2.38. The molecule has 1 fully saturated rings. The van der Waals surface area contributed by atoms with E-state index in [0.717, 1.165) is 12.3 Å². The molecule has 1 aromatic carbocycles. The smallest absolute Gasteiger partial charge is 0.119 e. The maximum Gasteiger partial charge on any atom is 0.119 e. The lowest BCUT2D eigenvalue weighted by molar-refractivity contribution is 0.289. The van der Waals surface area contributed by atoms with E-state index in [-0.39, 0.29) is 0 Å². The van der Waals surface area contributed by atoms with Crippen molar-refractivity contribution >= 4 is 11.3 Å². The maximum absolute atomic E-state index is 5.28. The molecule has 0 amide bonds. The highest BCUT2D eigenvalue weighted by atomic mass is 32.1. The third-order valence-electron chi connectivity index (χ3n) is 3.88. The van der Waals surface area contributed by atoms with Crippen molar-refractivity contribution in [1.82, 2.24) is 5.32 Å². The van der Waals surface area contributed by atoms with Crippen molar-refractivity contribution in [2.45, 2.75) is 31.3 Å². The van der Waals surface area contributed by atoms with Crippen molar-refractivity contribution in [3.63, 3.8) is 0 Å². The lowest BCUT2D eigenvalue weighted by Crippen LogP contribution is -2.39. The molecular formula is C16H19NOS. The molecule has 2 nitrogen and oxygen atoms in total. The van der Waals surface area contributed by atoms with E-state index in [4.69, 9.17) is 4.74 Å². The summed E-state index contributed by atoms with van der Waals surface area (Å²) in [5.74, 6) is 1.65. The summed E-state index contributed by atoms with van der Waals surface area (Å²) in [5.41, 5.74) is 2.81. The van der Waals surface area contributed by atoms with Crippen LogP contribution >= 0.6 is 11.3 Å². The fraction of sp³-hybridized carbons (Fsp3) is 0.375. The van der Waals surface area contributed by atoms with Crippen LogP contribution in [-0.4, -0.2) is 13.2 Å². The van der Waals surface area contributed by atoms with Crippen molar-refractivity contribution in [2.24, 2.45) is 0 Å². The lowest BCUT2D eigenvalue weighted by atomic mass is 9.76. The monoisotopic (exact) mass is 273 g/mol. The molecule has 0 bridgehead atoms. The zero-order valence-electron chi connectivity index (χ0n) is 11.1. The quantitative estimate of drug-likeness (QED) is 0.895. The topological polar surface area (TPSA) is 21.3 Å². The Kier molecular flexibility index (Phi) is 3.85. The van der Waals surface area contributed by atoms with Crippen LogP contribution in [0.15, 0.2) is 41.1 Å². The van der Waals surface area contributed by atoms with Crippen LogP contribution in [0.5, 0.6) is 5.75 Å². The van der Waals surface area contributed by atoms with Gasteiger partial charge in [0.2, 0.25) is 0 Å². The Labute approximate surface area is 118 Å². The van der Waals surface area contributed by atoms with Crippen LogP contribution < -0.4 is 10.1 Å². The standard InChI is InChI=1S/C16H19NOS/c1-18-16-4-2-3-13(9-16)14-7-15(8-14)17-10-12-5-6-19-11-12/h2-6,9,11,14-15,17H,7-8,10H2,1H3. The average Bonchev–Trinajstić information content (AvgIpc) is 2.90. The molecule has 3 heteroatoms. The fourth-order valence-electron chi connectivity index (χ4n) is 2.61. The molecular weight excluding hydrogens is 254 g/mol. The molecule has 0 aliphatic heterocycles. The van der Waals surface area contributed by atoms with E-state index in [1.165, 1.54) is 24.0 Å². The molecule has 100 valence electrons. The van der Waals surface area contributed by atoms with Crippen molar-refractivity contribution in [1.29, 1.82) is 0 Å². The molecule has 1 heterocycles.